The average molecular weight is 439 g/mol. The Labute approximate surface area is 188 Å². The molecule has 170 valence electrons. The zero-order chi connectivity index (χ0) is 22.2. The van der Waals surface area contributed by atoms with Crippen molar-refractivity contribution in [1.29, 1.82) is 0 Å². The van der Waals surface area contributed by atoms with Crippen LogP contribution in [-0.4, -0.2) is 69.5 Å². The SMILES string of the molecule is O=C(Nc1cnccn1)N1CCN(C(=O)c2ccc(OCCC3CCCCC3)nc2)CC1. The minimum Gasteiger partial charge on any atom is -0.478 e. The molecule has 1 aliphatic heterocycles. The second kappa shape index (κ2) is 10.9. The molecule has 1 aliphatic carbocycles. The van der Waals surface area contributed by atoms with Crippen molar-refractivity contribution in [3.05, 3.63) is 42.5 Å². The highest BCUT2D eigenvalue weighted by atomic mass is 16.5. The Balaban J connectivity index is 1.21. The van der Waals surface area contributed by atoms with Crippen LogP contribution in [0.15, 0.2) is 36.9 Å². The predicted octanol–water partition coefficient (Wildman–Crippen LogP) is 3.21. The number of hydrogen-bond acceptors (Lipinski definition) is 6. The van der Waals surface area contributed by atoms with Gasteiger partial charge in [0.2, 0.25) is 5.88 Å². The highest BCUT2D eigenvalue weighted by Gasteiger charge is 2.25. The molecule has 1 saturated heterocycles. The first-order valence-corrected chi connectivity index (χ1v) is 11.4. The van der Waals surface area contributed by atoms with E-state index in [2.05, 4.69) is 20.3 Å². The summed E-state index contributed by atoms with van der Waals surface area (Å²) in [5.41, 5.74) is 0.530. The Bertz CT molecular complexity index is 878. The topological polar surface area (TPSA) is 101 Å². The van der Waals surface area contributed by atoms with E-state index in [1.165, 1.54) is 44.5 Å². The number of rotatable bonds is 6. The smallest absolute Gasteiger partial charge is 0.323 e. The second-order valence-electron chi connectivity index (χ2n) is 8.33. The fourth-order valence-corrected chi connectivity index (χ4v) is 4.25. The summed E-state index contributed by atoms with van der Waals surface area (Å²) >= 11 is 0. The van der Waals surface area contributed by atoms with Crippen LogP contribution in [0.1, 0.15) is 48.9 Å². The van der Waals surface area contributed by atoms with E-state index >= 15 is 0 Å². The fourth-order valence-electron chi connectivity index (χ4n) is 4.25. The largest absolute Gasteiger partial charge is 0.478 e. The molecule has 0 unspecified atom stereocenters. The molecule has 3 heterocycles. The van der Waals surface area contributed by atoms with Crippen molar-refractivity contribution in [2.75, 3.05) is 38.1 Å². The van der Waals surface area contributed by atoms with Crippen LogP contribution in [0.4, 0.5) is 10.6 Å². The molecule has 9 heteroatoms. The number of hydrogen-bond donors (Lipinski definition) is 1. The number of nitrogens with one attached hydrogen (secondary N) is 1. The highest BCUT2D eigenvalue weighted by molar-refractivity contribution is 5.94. The first-order chi connectivity index (χ1) is 15.7. The van der Waals surface area contributed by atoms with Gasteiger partial charge in [-0.05, 0) is 18.4 Å². The molecule has 0 atom stereocenters. The predicted molar refractivity (Wildman–Crippen MR) is 119 cm³/mol. The van der Waals surface area contributed by atoms with E-state index in [-0.39, 0.29) is 11.9 Å². The molecule has 32 heavy (non-hydrogen) atoms. The molecular formula is C23H30N6O3. The van der Waals surface area contributed by atoms with Crippen molar-refractivity contribution in [3.63, 3.8) is 0 Å². The second-order valence-corrected chi connectivity index (χ2v) is 8.33. The van der Waals surface area contributed by atoms with Crippen LogP contribution in [0.5, 0.6) is 5.88 Å². The number of nitrogens with zero attached hydrogens (tertiary/aromatic N) is 5. The number of carbonyl (C=O) groups excluding carboxylic acids is 2. The number of piperazine rings is 1. The van der Waals surface area contributed by atoms with Crippen LogP contribution in [0, 0.1) is 5.92 Å². The van der Waals surface area contributed by atoms with Gasteiger partial charge in [-0.1, -0.05) is 32.1 Å². The van der Waals surface area contributed by atoms with E-state index in [9.17, 15) is 9.59 Å². The molecule has 2 aromatic rings. The molecule has 0 spiro atoms. The minimum absolute atomic E-state index is 0.0831. The van der Waals surface area contributed by atoms with Crippen LogP contribution >= 0.6 is 0 Å². The van der Waals surface area contributed by atoms with Crippen LogP contribution in [0.3, 0.4) is 0 Å². The van der Waals surface area contributed by atoms with Gasteiger partial charge in [-0.15, -0.1) is 0 Å². The quantitative estimate of drug-likeness (QED) is 0.743. The molecule has 1 saturated carbocycles. The summed E-state index contributed by atoms with van der Waals surface area (Å²) in [5.74, 6) is 1.65. The molecule has 2 fully saturated rings. The summed E-state index contributed by atoms with van der Waals surface area (Å²) in [7, 11) is 0. The summed E-state index contributed by atoms with van der Waals surface area (Å²) < 4.78 is 5.78. The summed E-state index contributed by atoms with van der Waals surface area (Å²) in [6.07, 6.45) is 13.8. The molecule has 1 N–H and O–H groups in total. The number of pyridine rings is 1. The standard InChI is InChI=1S/C23H30N6O3/c30-22(19-6-7-21(26-16-19)32-15-8-18-4-2-1-3-5-18)28-11-13-29(14-12-28)23(31)27-20-17-24-9-10-25-20/h6-7,9-10,16-18H,1-5,8,11-15H2,(H,25,27,31). The maximum atomic E-state index is 12.8. The van der Waals surface area contributed by atoms with E-state index in [0.29, 0.717) is 50.0 Å². The third-order valence-corrected chi connectivity index (χ3v) is 6.14. The Kier molecular flexibility index (Phi) is 7.47. The van der Waals surface area contributed by atoms with E-state index in [0.717, 1.165) is 12.3 Å². The molecule has 2 aliphatic rings. The van der Waals surface area contributed by atoms with Crippen LogP contribution in [0.2, 0.25) is 0 Å². The number of urea groups is 1. The Morgan fingerprint density at radius 3 is 2.44 bits per heavy atom. The lowest BCUT2D eigenvalue weighted by molar-refractivity contribution is 0.0671. The van der Waals surface area contributed by atoms with Gasteiger partial charge >= 0.3 is 6.03 Å². The van der Waals surface area contributed by atoms with Gasteiger partial charge in [0.1, 0.15) is 0 Å². The maximum absolute atomic E-state index is 12.8. The van der Waals surface area contributed by atoms with Gasteiger partial charge in [0.05, 0.1) is 18.4 Å². The molecule has 3 amide bonds. The van der Waals surface area contributed by atoms with E-state index < -0.39 is 0 Å². The monoisotopic (exact) mass is 438 g/mol. The third kappa shape index (κ3) is 5.93. The number of anilines is 1. The normalized spacial score (nSPS) is 17.1. The van der Waals surface area contributed by atoms with Gasteiger partial charge in [0.15, 0.2) is 5.82 Å². The lowest BCUT2D eigenvalue weighted by Gasteiger charge is -2.34. The first-order valence-electron chi connectivity index (χ1n) is 11.4. The molecule has 0 radical (unpaired) electrons. The molecule has 4 rings (SSSR count). The number of carbonyl (C=O) groups is 2. The van der Waals surface area contributed by atoms with Crippen molar-refractivity contribution in [1.82, 2.24) is 24.8 Å². The summed E-state index contributed by atoms with van der Waals surface area (Å²) in [4.78, 5) is 40.9. The molecule has 2 aromatic heterocycles. The molecular weight excluding hydrogens is 408 g/mol. The third-order valence-electron chi connectivity index (χ3n) is 6.14. The van der Waals surface area contributed by atoms with Gasteiger partial charge < -0.3 is 14.5 Å². The molecule has 9 nitrogen and oxygen atoms in total. The lowest BCUT2D eigenvalue weighted by atomic mass is 9.87. The first kappa shape index (κ1) is 22.0. The molecule has 0 aromatic carbocycles. The zero-order valence-corrected chi connectivity index (χ0v) is 18.3. The van der Waals surface area contributed by atoms with Crippen molar-refractivity contribution in [3.8, 4) is 5.88 Å². The fraction of sp³-hybridized carbons (Fsp3) is 0.522. The molecule has 0 bridgehead atoms. The highest BCUT2D eigenvalue weighted by Crippen LogP contribution is 2.26. The Morgan fingerprint density at radius 2 is 1.75 bits per heavy atom. The van der Waals surface area contributed by atoms with E-state index in [4.69, 9.17) is 4.74 Å². The Morgan fingerprint density at radius 1 is 0.969 bits per heavy atom. The van der Waals surface area contributed by atoms with Gasteiger partial charge in [0.25, 0.3) is 5.91 Å². The van der Waals surface area contributed by atoms with Gasteiger partial charge in [0, 0.05) is 50.8 Å². The average Bonchev–Trinajstić information content (AvgIpc) is 2.85. The number of ether oxygens (including phenoxy) is 1. The van der Waals surface area contributed by atoms with Crippen LogP contribution in [-0.2, 0) is 0 Å². The van der Waals surface area contributed by atoms with Crippen molar-refractivity contribution in [2.45, 2.75) is 38.5 Å². The minimum atomic E-state index is -0.242. The van der Waals surface area contributed by atoms with E-state index in [1.54, 1.807) is 34.3 Å². The van der Waals surface area contributed by atoms with Crippen LogP contribution < -0.4 is 10.1 Å². The number of aromatic nitrogens is 3. The zero-order valence-electron chi connectivity index (χ0n) is 18.3. The van der Waals surface area contributed by atoms with E-state index in [1.807, 2.05) is 0 Å². The van der Waals surface area contributed by atoms with Crippen LogP contribution in [0.25, 0.3) is 0 Å². The summed E-state index contributed by atoms with van der Waals surface area (Å²) in [5, 5.41) is 2.72. The van der Waals surface area contributed by atoms with Crippen molar-refractivity contribution >= 4 is 17.8 Å². The lowest BCUT2D eigenvalue weighted by Crippen LogP contribution is -2.51. The van der Waals surface area contributed by atoms with Gasteiger partial charge in [-0.25, -0.2) is 14.8 Å². The summed E-state index contributed by atoms with van der Waals surface area (Å²) in [6.45, 7) is 2.50. The van der Waals surface area contributed by atoms with Gasteiger partial charge in [-0.2, -0.15) is 0 Å². The van der Waals surface area contributed by atoms with Gasteiger partial charge in [-0.3, -0.25) is 15.1 Å². The maximum Gasteiger partial charge on any atom is 0.323 e. The Hall–Kier alpha value is -3.23. The summed E-state index contributed by atoms with van der Waals surface area (Å²) in [6, 6.07) is 3.28. The van der Waals surface area contributed by atoms with Crippen molar-refractivity contribution in [2.24, 2.45) is 5.92 Å². The van der Waals surface area contributed by atoms with Crippen molar-refractivity contribution < 1.29 is 14.3 Å². The number of amides is 3.